The second-order valence-electron chi connectivity index (χ2n) is 16.4. The summed E-state index contributed by atoms with van der Waals surface area (Å²) in [6, 6.07) is 94.3. The van der Waals surface area contributed by atoms with E-state index in [0.29, 0.717) is 0 Å². The van der Waals surface area contributed by atoms with Crippen LogP contribution in [0.2, 0.25) is 0 Å². The largest absolute Gasteiger partial charge is 0.309 e. The molecule has 0 unspecified atom stereocenters. The molecule has 0 aliphatic rings. The maximum atomic E-state index is 2.62. The van der Waals surface area contributed by atoms with Crippen molar-refractivity contribution < 1.29 is 0 Å². The Morgan fingerprint density at radius 2 is 0.778 bits per heavy atom. The van der Waals surface area contributed by atoms with Crippen LogP contribution in [0.5, 0.6) is 0 Å². The van der Waals surface area contributed by atoms with Crippen molar-refractivity contribution in [1.29, 1.82) is 0 Å². The second kappa shape index (κ2) is 15.2. The van der Waals surface area contributed by atoms with Crippen molar-refractivity contribution in [2.45, 2.75) is 0 Å². The summed E-state index contributed by atoms with van der Waals surface area (Å²) in [7, 11) is -2.99. The molecule has 12 rings (SSSR count). The highest BCUT2D eigenvalue weighted by Gasteiger charge is 2.43. The minimum Gasteiger partial charge on any atom is -0.309 e. The normalized spacial score (nSPS) is 11.8. The molecule has 2 heterocycles. The summed E-state index contributed by atoms with van der Waals surface area (Å²) < 4.78 is 5.10. The number of fused-ring (bicyclic) bond motifs is 6. The van der Waals surface area contributed by atoms with Gasteiger partial charge in [0.25, 0.3) is 0 Å². The highest BCUT2D eigenvalue weighted by Crippen LogP contribution is 2.43. The van der Waals surface area contributed by atoms with Crippen molar-refractivity contribution in [2.75, 3.05) is 0 Å². The van der Waals surface area contributed by atoms with Gasteiger partial charge in [0.05, 0.1) is 27.8 Å². The van der Waals surface area contributed by atoms with Gasteiger partial charge in [0, 0.05) is 27.2 Å². The summed E-state index contributed by atoms with van der Waals surface area (Å²) in [4.78, 5) is 0. The van der Waals surface area contributed by atoms with Gasteiger partial charge in [-0.1, -0.05) is 218 Å². The van der Waals surface area contributed by atoms with E-state index in [2.05, 4.69) is 264 Å². The number of hydrogen-bond acceptors (Lipinski definition) is 0. The first-order valence-electron chi connectivity index (χ1n) is 21.8. The minimum absolute atomic E-state index is 1.13. The van der Waals surface area contributed by atoms with Crippen LogP contribution in [0.4, 0.5) is 0 Å². The summed E-state index contributed by atoms with van der Waals surface area (Å²) in [6.45, 7) is 0. The number of benzene rings is 10. The van der Waals surface area contributed by atoms with Crippen molar-refractivity contribution in [1.82, 2.24) is 9.13 Å². The van der Waals surface area contributed by atoms with Crippen LogP contribution in [0, 0.1) is 0 Å². The Kier molecular flexibility index (Phi) is 8.87. The van der Waals surface area contributed by atoms with E-state index in [-0.39, 0.29) is 0 Å². The number of hydrogen-bond donors (Lipinski definition) is 0. The Labute approximate surface area is 368 Å². The van der Waals surface area contributed by atoms with E-state index >= 15 is 0 Å². The molecule has 0 saturated carbocycles. The molecule has 0 aliphatic carbocycles. The lowest BCUT2D eigenvalue weighted by molar-refractivity contribution is 1.17. The Balaban J connectivity index is 1.26. The summed E-state index contributed by atoms with van der Waals surface area (Å²) >= 11 is 0. The molecule has 0 radical (unpaired) electrons. The van der Waals surface area contributed by atoms with Gasteiger partial charge in [-0.15, -0.1) is 0 Å². The third-order valence-corrected chi connectivity index (χ3v) is 17.9. The molecule has 63 heavy (non-hydrogen) atoms. The van der Waals surface area contributed by atoms with Crippen molar-refractivity contribution in [3.8, 4) is 33.6 Å². The molecule has 0 N–H and O–H groups in total. The smallest absolute Gasteiger partial charge is 0.181 e. The Hall–Kier alpha value is -7.98. The summed E-state index contributed by atoms with van der Waals surface area (Å²) in [5.41, 5.74) is 11.9. The first kappa shape index (κ1) is 36.8. The van der Waals surface area contributed by atoms with Crippen LogP contribution in [0.1, 0.15) is 0 Å². The molecule has 0 amide bonds. The molecule has 296 valence electrons. The summed E-state index contributed by atoms with van der Waals surface area (Å²) in [5, 5.41) is 10.4. The molecular formula is C60H42N2Si. The van der Waals surface area contributed by atoms with E-state index in [0.717, 1.165) is 16.9 Å². The van der Waals surface area contributed by atoms with E-state index in [1.165, 1.54) is 81.1 Å². The fraction of sp³-hybridized carbons (Fsp3) is 0. The van der Waals surface area contributed by atoms with Crippen LogP contribution in [0.3, 0.4) is 0 Å². The van der Waals surface area contributed by atoms with E-state index in [9.17, 15) is 0 Å². The standard InChI is InChI=1S/C60H42N2Si/c1-6-22-43(23-7-1)45-26-18-27-46(42-45)61-54-38-19-35-50(44-24-8-2-9-25-44)58(54)59-55(61)39-21-40-56(59)62-53-37-17-16-34-51(53)52-36-20-41-57(60(52)62)63(47-28-10-3-11-29-47,48-30-12-4-13-31-48)49-32-14-5-15-33-49/h1-42H. The molecule has 12 aromatic rings. The van der Waals surface area contributed by atoms with Crippen LogP contribution in [0.25, 0.3) is 77.2 Å². The van der Waals surface area contributed by atoms with Gasteiger partial charge in [-0.25, -0.2) is 0 Å². The number of aromatic nitrogens is 2. The van der Waals surface area contributed by atoms with Crippen LogP contribution in [-0.2, 0) is 0 Å². The molecule has 2 aromatic heterocycles. The molecule has 0 aliphatic heterocycles. The van der Waals surface area contributed by atoms with Gasteiger partial charge in [-0.2, -0.15) is 0 Å². The monoisotopic (exact) mass is 818 g/mol. The Morgan fingerprint density at radius 3 is 1.43 bits per heavy atom. The zero-order valence-corrected chi connectivity index (χ0v) is 35.6. The van der Waals surface area contributed by atoms with Gasteiger partial charge in [0.15, 0.2) is 8.07 Å². The fourth-order valence-electron chi connectivity index (χ4n) is 10.5. The van der Waals surface area contributed by atoms with Gasteiger partial charge < -0.3 is 9.13 Å². The highest BCUT2D eigenvalue weighted by atomic mass is 28.3. The molecule has 3 heteroatoms. The van der Waals surface area contributed by atoms with E-state index in [1.807, 2.05) is 0 Å². The van der Waals surface area contributed by atoms with Crippen molar-refractivity contribution >= 4 is 72.4 Å². The zero-order chi connectivity index (χ0) is 41.7. The number of nitrogens with zero attached hydrogens (tertiary/aromatic N) is 2. The maximum Gasteiger partial charge on any atom is 0.181 e. The third-order valence-electron chi connectivity index (χ3n) is 13.1. The van der Waals surface area contributed by atoms with Gasteiger partial charge >= 0.3 is 0 Å². The molecule has 0 bridgehead atoms. The van der Waals surface area contributed by atoms with Gasteiger partial charge in [-0.3, -0.25) is 0 Å². The highest BCUT2D eigenvalue weighted by molar-refractivity contribution is 7.20. The molecular weight excluding hydrogens is 777 g/mol. The summed E-state index contributed by atoms with van der Waals surface area (Å²) in [5.74, 6) is 0. The lowest BCUT2D eigenvalue weighted by Gasteiger charge is -2.35. The first-order chi connectivity index (χ1) is 31.3. The lowest BCUT2D eigenvalue weighted by Crippen LogP contribution is -2.75. The van der Waals surface area contributed by atoms with Crippen LogP contribution < -0.4 is 20.7 Å². The Morgan fingerprint density at radius 1 is 0.302 bits per heavy atom. The van der Waals surface area contributed by atoms with E-state index < -0.39 is 8.07 Å². The number of rotatable bonds is 8. The van der Waals surface area contributed by atoms with Crippen molar-refractivity contribution in [2.24, 2.45) is 0 Å². The fourth-order valence-corrected chi connectivity index (χ4v) is 15.4. The van der Waals surface area contributed by atoms with Crippen LogP contribution >= 0.6 is 0 Å². The average Bonchev–Trinajstić information content (AvgIpc) is 3.90. The quantitative estimate of drug-likeness (QED) is 0.107. The summed E-state index contributed by atoms with van der Waals surface area (Å²) in [6.07, 6.45) is 0. The SMILES string of the molecule is c1ccc(-c2cccc(-n3c4cccc(-c5ccccc5)c4c4c(-n5c6ccccc6c6cccc([Si](c7ccccc7)(c7ccccc7)c7ccccc7)c65)cccc43)c2)cc1. The second-order valence-corrected chi connectivity index (χ2v) is 20.2. The topological polar surface area (TPSA) is 9.86 Å². The van der Waals surface area contributed by atoms with Crippen molar-refractivity contribution in [3.05, 3.63) is 255 Å². The van der Waals surface area contributed by atoms with Gasteiger partial charge in [0.1, 0.15) is 0 Å². The maximum absolute atomic E-state index is 2.99. The first-order valence-corrected chi connectivity index (χ1v) is 23.8. The Bertz CT molecular complexity index is 3500. The predicted molar refractivity (Wildman–Crippen MR) is 270 cm³/mol. The molecule has 0 fully saturated rings. The minimum atomic E-state index is -2.99. The van der Waals surface area contributed by atoms with Gasteiger partial charge in [0.2, 0.25) is 0 Å². The predicted octanol–water partition coefficient (Wildman–Crippen LogP) is 12.6. The molecule has 0 spiro atoms. The van der Waals surface area contributed by atoms with E-state index in [4.69, 9.17) is 0 Å². The van der Waals surface area contributed by atoms with Crippen molar-refractivity contribution in [3.63, 3.8) is 0 Å². The lowest BCUT2D eigenvalue weighted by atomic mass is 9.98. The van der Waals surface area contributed by atoms with Crippen LogP contribution in [0.15, 0.2) is 255 Å². The number of para-hydroxylation sites is 2. The van der Waals surface area contributed by atoms with Crippen LogP contribution in [-0.4, -0.2) is 17.2 Å². The van der Waals surface area contributed by atoms with Gasteiger partial charge in [-0.05, 0) is 79.4 Å². The molecule has 10 aromatic carbocycles. The average molecular weight is 819 g/mol. The van der Waals surface area contributed by atoms with E-state index in [1.54, 1.807) is 0 Å². The molecule has 0 saturated heterocycles. The molecule has 2 nitrogen and oxygen atoms in total. The third kappa shape index (κ3) is 5.78. The molecule has 0 atom stereocenters. The zero-order valence-electron chi connectivity index (χ0n) is 34.6.